The molecule has 5 rings (SSSR count). The standard InChI is InChI=1S/C20H23N3O3/c24-18(22-11-13-4-3-9-21-10-13)16-15-7-8-20(26-15)12-23(19(25)17(16)20)14-5-1-2-6-14/h3-4,7-10,14-17H,1-2,5-6,11-12H2,(H,22,24)/t15?,16?,17?,20-/m0/s1. The number of likely N-dealkylation sites (tertiary alicyclic amines) is 1. The molecule has 1 aromatic heterocycles. The first-order valence-electron chi connectivity index (χ1n) is 9.52. The molecule has 2 saturated heterocycles. The maximum atomic E-state index is 13.2. The third kappa shape index (κ3) is 2.31. The van der Waals surface area contributed by atoms with Gasteiger partial charge >= 0.3 is 0 Å². The number of amides is 2. The predicted molar refractivity (Wildman–Crippen MR) is 93.8 cm³/mol. The molecule has 0 aromatic carbocycles. The summed E-state index contributed by atoms with van der Waals surface area (Å²) in [4.78, 5) is 32.1. The largest absolute Gasteiger partial charge is 0.360 e. The fourth-order valence-corrected chi connectivity index (χ4v) is 5.16. The molecule has 2 bridgehead atoms. The summed E-state index contributed by atoms with van der Waals surface area (Å²) in [5.74, 6) is -0.815. The van der Waals surface area contributed by atoms with Crippen molar-refractivity contribution in [3.8, 4) is 0 Å². The van der Waals surface area contributed by atoms with Gasteiger partial charge in [-0.2, -0.15) is 0 Å². The van der Waals surface area contributed by atoms with Crippen LogP contribution in [0.15, 0.2) is 36.7 Å². The third-order valence-electron chi connectivity index (χ3n) is 6.39. The number of pyridine rings is 1. The van der Waals surface area contributed by atoms with Crippen molar-refractivity contribution in [2.24, 2.45) is 11.8 Å². The first-order valence-corrected chi connectivity index (χ1v) is 9.52. The Morgan fingerprint density at radius 3 is 3.00 bits per heavy atom. The molecule has 0 radical (unpaired) electrons. The van der Waals surface area contributed by atoms with Crippen LogP contribution in [0.2, 0.25) is 0 Å². The average molecular weight is 353 g/mol. The lowest BCUT2D eigenvalue weighted by Crippen LogP contribution is -2.44. The van der Waals surface area contributed by atoms with E-state index in [9.17, 15) is 9.59 Å². The predicted octanol–water partition coefficient (Wildman–Crippen LogP) is 1.42. The number of fused-ring (bicyclic) bond motifs is 1. The van der Waals surface area contributed by atoms with Gasteiger partial charge in [0.05, 0.1) is 24.5 Å². The average Bonchev–Trinajstić information content (AvgIpc) is 3.42. The van der Waals surface area contributed by atoms with Crippen LogP contribution >= 0.6 is 0 Å². The normalized spacial score (nSPS) is 35.3. The molecule has 3 fully saturated rings. The van der Waals surface area contributed by atoms with Gasteiger partial charge in [0.15, 0.2) is 0 Å². The molecule has 3 unspecified atom stereocenters. The van der Waals surface area contributed by atoms with Crippen LogP contribution in [0.3, 0.4) is 0 Å². The summed E-state index contributed by atoms with van der Waals surface area (Å²) in [7, 11) is 0. The third-order valence-corrected chi connectivity index (χ3v) is 6.39. The van der Waals surface area contributed by atoms with Crippen molar-refractivity contribution < 1.29 is 14.3 Å². The fourth-order valence-electron chi connectivity index (χ4n) is 5.16. The number of hydrogen-bond acceptors (Lipinski definition) is 4. The Bertz CT molecular complexity index is 759. The molecule has 26 heavy (non-hydrogen) atoms. The second-order valence-corrected chi connectivity index (χ2v) is 7.88. The number of hydrogen-bond donors (Lipinski definition) is 1. The number of carbonyl (C=O) groups excluding carboxylic acids is 2. The van der Waals surface area contributed by atoms with Gasteiger partial charge in [0.25, 0.3) is 0 Å². The van der Waals surface area contributed by atoms with Gasteiger partial charge in [0, 0.05) is 25.0 Å². The van der Waals surface area contributed by atoms with Crippen molar-refractivity contribution in [1.82, 2.24) is 15.2 Å². The van der Waals surface area contributed by atoms with E-state index >= 15 is 0 Å². The number of nitrogens with one attached hydrogen (secondary N) is 1. The van der Waals surface area contributed by atoms with Crippen LogP contribution in [-0.2, 0) is 20.9 Å². The summed E-state index contributed by atoms with van der Waals surface area (Å²) >= 11 is 0. The van der Waals surface area contributed by atoms with Crippen LogP contribution in [0.25, 0.3) is 0 Å². The van der Waals surface area contributed by atoms with Gasteiger partial charge in [0.1, 0.15) is 5.60 Å². The van der Waals surface area contributed by atoms with Crippen LogP contribution in [-0.4, -0.2) is 46.0 Å². The zero-order chi connectivity index (χ0) is 17.7. The van der Waals surface area contributed by atoms with E-state index in [4.69, 9.17) is 4.74 Å². The minimum absolute atomic E-state index is 0.100. The van der Waals surface area contributed by atoms with Crippen LogP contribution in [0.5, 0.6) is 0 Å². The Morgan fingerprint density at radius 2 is 2.23 bits per heavy atom. The zero-order valence-electron chi connectivity index (χ0n) is 14.6. The highest BCUT2D eigenvalue weighted by atomic mass is 16.5. The van der Waals surface area contributed by atoms with Crippen molar-refractivity contribution >= 4 is 11.8 Å². The highest BCUT2D eigenvalue weighted by Crippen LogP contribution is 2.52. The minimum Gasteiger partial charge on any atom is -0.360 e. The monoisotopic (exact) mass is 353 g/mol. The van der Waals surface area contributed by atoms with Crippen molar-refractivity contribution in [1.29, 1.82) is 0 Å². The topological polar surface area (TPSA) is 71.5 Å². The Morgan fingerprint density at radius 1 is 1.38 bits per heavy atom. The lowest BCUT2D eigenvalue weighted by atomic mass is 9.77. The molecule has 3 aliphatic heterocycles. The van der Waals surface area contributed by atoms with Gasteiger partial charge in [-0.1, -0.05) is 31.1 Å². The van der Waals surface area contributed by atoms with Gasteiger partial charge in [-0.3, -0.25) is 14.6 Å². The van der Waals surface area contributed by atoms with E-state index in [2.05, 4.69) is 10.3 Å². The van der Waals surface area contributed by atoms with Crippen molar-refractivity contribution in [3.05, 3.63) is 42.2 Å². The molecule has 4 heterocycles. The summed E-state index contributed by atoms with van der Waals surface area (Å²) < 4.78 is 6.18. The lowest BCUT2D eigenvalue weighted by molar-refractivity contribution is -0.138. The van der Waals surface area contributed by atoms with Gasteiger partial charge in [-0.25, -0.2) is 0 Å². The molecule has 4 aliphatic rings. The molecule has 2 amide bonds. The first kappa shape index (κ1) is 16.0. The zero-order valence-corrected chi connectivity index (χ0v) is 14.6. The first-order chi connectivity index (χ1) is 12.7. The molecule has 1 N–H and O–H groups in total. The molecule has 136 valence electrons. The number of ether oxygens (including phenoxy) is 1. The number of nitrogens with zero attached hydrogens (tertiary/aromatic N) is 2. The van der Waals surface area contributed by atoms with E-state index in [1.165, 1.54) is 12.8 Å². The lowest BCUT2D eigenvalue weighted by Gasteiger charge is -2.27. The van der Waals surface area contributed by atoms with Crippen LogP contribution in [0, 0.1) is 11.8 Å². The summed E-state index contributed by atoms with van der Waals surface area (Å²) in [5.41, 5.74) is 0.348. The number of carbonyl (C=O) groups is 2. The van der Waals surface area contributed by atoms with E-state index in [-0.39, 0.29) is 23.8 Å². The quantitative estimate of drug-likeness (QED) is 0.831. The Balaban J connectivity index is 1.34. The molecule has 1 spiro atoms. The van der Waals surface area contributed by atoms with E-state index in [1.54, 1.807) is 12.4 Å². The highest BCUT2D eigenvalue weighted by molar-refractivity contribution is 5.93. The van der Waals surface area contributed by atoms with Crippen molar-refractivity contribution in [2.75, 3.05) is 6.54 Å². The smallest absolute Gasteiger partial charge is 0.230 e. The minimum atomic E-state index is -0.597. The second-order valence-electron chi connectivity index (χ2n) is 7.88. The summed E-state index contributed by atoms with van der Waals surface area (Å²) in [5, 5.41) is 2.98. The van der Waals surface area contributed by atoms with Gasteiger partial charge in [0.2, 0.25) is 11.8 Å². The summed E-state index contributed by atoms with van der Waals surface area (Å²) in [6.45, 7) is 1.01. The van der Waals surface area contributed by atoms with Crippen molar-refractivity contribution in [2.45, 2.75) is 50.0 Å². The molecular weight excluding hydrogens is 330 g/mol. The van der Waals surface area contributed by atoms with Gasteiger partial charge < -0.3 is 15.0 Å². The summed E-state index contributed by atoms with van der Waals surface area (Å²) in [6, 6.07) is 4.09. The van der Waals surface area contributed by atoms with Gasteiger partial charge in [-0.05, 0) is 24.5 Å². The van der Waals surface area contributed by atoms with Crippen LogP contribution < -0.4 is 5.32 Å². The van der Waals surface area contributed by atoms with Crippen LogP contribution in [0.4, 0.5) is 0 Å². The molecular formula is C20H23N3O3. The number of aromatic nitrogens is 1. The maximum Gasteiger partial charge on any atom is 0.230 e. The van der Waals surface area contributed by atoms with E-state index in [0.717, 1.165) is 18.4 Å². The highest BCUT2D eigenvalue weighted by Gasteiger charge is 2.67. The Labute approximate surface area is 152 Å². The SMILES string of the molecule is O=C(NCc1cccnc1)C1C2C=C[C@@]3(CN(C4CCCC4)C(=O)C13)O2. The molecule has 1 aliphatic carbocycles. The van der Waals surface area contributed by atoms with Crippen LogP contribution in [0.1, 0.15) is 31.2 Å². The molecule has 4 atom stereocenters. The molecule has 1 aromatic rings. The molecule has 6 heteroatoms. The number of rotatable bonds is 4. The van der Waals surface area contributed by atoms with E-state index in [1.807, 2.05) is 29.2 Å². The molecule has 1 saturated carbocycles. The van der Waals surface area contributed by atoms with Crippen molar-refractivity contribution in [3.63, 3.8) is 0 Å². The van der Waals surface area contributed by atoms with Gasteiger partial charge in [-0.15, -0.1) is 0 Å². The summed E-state index contributed by atoms with van der Waals surface area (Å²) in [6.07, 6.45) is 11.7. The Hall–Kier alpha value is -2.21. The Kier molecular flexibility index (Phi) is 3.64. The van der Waals surface area contributed by atoms with E-state index < -0.39 is 11.5 Å². The fraction of sp³-hybridized carbons (Fsp3) is 0.550. The second kappa shape index (κ2) is 5.91. The van der Waals surface area contributed by atoms with E-state index in [0.29, 0.717) is 19.1 Å². The molecule has 6 nitrogen and oxygen atoms in total. The maximum absolute atomic E-state index is 13.2.